The number of amides is 3. The first kappa shape index (κ1) is 22.6. The van der Waals surface area contributed by atoms with Gasteiger partial charge in [-0.15, -0.1) is 0 Å². The van der Waals surface area contributed by atoms with Crippen LogP contribution in [0.4, 0.5) is 4.79 Å². The van der Waals surface area contributed by atoms with Crippen LogP contribution in [0, 0.1) is 5.92 Å². The van der Waals surface area contributed by atoms with Gasteiger partial charge in [0, 0.05) is 19.2 Å². The molecule has 166 valence electrons. The SMILES string of the molecule is CC(C)[C@H](NC(=O)NCc1ccccc1)C(=O)N[C@@H]1CCO[C@@]2(CCS(=O)(=O)C2)C1. The Kier molecular flexibility index (Phi) is 7.02. The Hall–Kier alpha value is -2.13. The zero-order chi connectivity index (χ0) is 21.8. The molecule has 2 fully saturated rings. The highest BCUT2D eigenvalue weighted by Crippen LogP contribution is 2.35. The molecular formula is C21H31N3O5S. The van der Waals surface area contributed by atoms with E-state index in [1.54, 1.807) is 0 Å². The van der Waals surface area contributed by atoms with Gasteiger partial charge in [-0.25, -0.2) is 13.2 Å². The molecular weight excluding hydrogens is 406 g/mol. The second-order valence-electron chi connectivity index (χ2n) is 8.61. The van der Waals surface area contributed by atoms with Crippen molar-refractivity contribution < 1.29 is 22.7 Å². The van der Waals surface area contributed by atoms with Gasteiger partial charge in [0.25, 0.3) is 0 Å². The molecule has 1 spiro atoms. The molecule has 3 N–H and O–H groups in total. The Balaban J connectivity index is 1.54. The fourth-order valence-electron chi connectivity index (χ4n) is 4.11. The first-order valence-electron chi connectivity index (χ1n) is 10.4. The molecule has 3 rings (SSSR count). The molecule has 2 saturated heterocycles. The Morgan fingerprint density at radius 1 is 1.23 bits per heavy atom. The van der Waals surface area contributed by atoms with Crippen molar-refractivity contribution in [2.24, 2.45) is 5.92 Å². The second-order valence-corrected chi connectivity index (χ2v) is 10.8. The van der Waals surface area contributed by atoms with E-state index in [4.69, 9.17) is 4.74 Å². The number of hydrogen-bond acceptors (Lipinski definition) is 5. The van der Waals surface area contributed by atoms with Crippen molar-refractivity contribution in [1.82, 2.24) is 16.0 Å². The molecule has 2 aliphatic heterocycles. The van der Waals surface area contributed by atoms with Crippen molar-refractivity contribution in [3.63, 3.8) is 0 Å². The number of carbonyl (C=O) groups excluding carboxylic acids is 2. The summed E-state index contributed by atoms with van der Waals surface area (Å²) in [6.07, 6.45) is 1.57. The van der Waals surface area contributed by atoms with Crippen molar-refractivity contribution in [3.05, 3.63) is 35.9 Å². The highest BCUT2D eigenvalue weighted by molar-refractivity contribution is 7.91. The van der Waals surface area contributed by atoms with Crippen LogP contribution in [0.15, 0.2) is 30.3 Å². The van der Waals surface area contributed by atoms with E-state index in [1.807, 2.05) is 44.2 Å². The van der Waals surface area contributed by atoms with Gasteiger partial charge in [0.15, 0.2) is 9.84 Å². The third kappa shape index (κ3) is 5.95. The zero-order valence-corrected chi connectivity index (χ0v) is 18.3. The number of hydrogen-bond donors (Lipinski definition) is 3. The van der Waals surface area contributed by atoms with Crippen LogP contribution in [-0.2, 0) is 25.9 Å². The van der Waals surface area contributed by atoms with Crippen molar-refractivity contribution in [2.45, 2.75) is 57.3 Å². The predicted molar refractivity (Wildman–Crippen MR) is 114 cm³/mol. The van der Waals surface area contributed by atoms with Crippen LogP contribution in [0.1, 0.15) is 38.7 Å². The molecule has 2 aliphatic rings. The topological polar surface area (TPSA) is 114 Å². The van der Waals surface area contributed by atoms with Gasteiger partial charge < -0.3 is 20.7 Å². The molecule has 0 aliphatic carbocycles. The average molecular weight is 438 g/mol. The van der Waals surface area contributed by atoms with Crippen LogP contribution in [0.3, 0.4) is 0 Å². The van der Waals surface area contributed by atoms with Crippen LogP contribution in [0.2, 0.25) is 0 Å². The normalized spacial score (nSPS) is 26.3. The minimum absolute atomic E-state index is 0.0140. The lowest BCUT2D eigenvalue weighted by molar-refractivity contribution is -0.127. The number of benzene rings is 1. The van der Waals surface area contributed by atoms with Gasteiger partial charge in [-0.05, 0) is 30.7 Å². The molecule has 0 unspecified atom stereocenters. The summed E-state index contributed by atoms with van der Waals surface area (Å²) in [5, 5.41) is 8.54. The Morgan fingerprint density at radius 3 is 2.60 bits per heavy atom. The maximum atomic E-state index is 12.9. The van der Waals surface area contributed by atoms with E-state index in [0.717, 1.165) is 5.56 Å². The quantitative estimate of drug-likeness (QED) is 0.622. The second kappa shape index (κ2) is 9.34. The molecule has 2 heterocycles. The fraction of sp³-hybridized carbons (Fsp3) is 0.619. The van der Waals surface area contributed by atoms with Crippen LogP contribution in [-0.4, -0.2) is 56.2 Å². The average Bonchev–Trinajstić information content (AvgIpc) is 2.98. The van der Waals surface area contributed by atoms with Crippen molar-refractivity contribution in [1.29, 1.82) is 0 Å². The van der Waals surface area contributed by atoms with Crippen molar-refractivity contribution >= 4 is 21.8 Å². The maximum Gasteiger partial charge on any atom is 0.315 e. The smallest absolute Gasteiger partial charge is 0.315 e. The summed E-state index contributed by atoms with van der Waals surface area (Å²) in [6, 6.07) is 8.27. The summed E-state index contributed by atoms with van der Waals surface area (Å²) < 4.78 is 29.6. The molecule has 0 bridgehead atoms. The van der Waals surface area contributed by atoms with E-state index >= 15 is 0 Å². The summed E-state index contributed by atoms with van der Waals surface area (Å²) in [4.78, 5) is 25.2. The molecule has 3 amide bonds. The third-order valence-corrected chi connectivity index (χ3v) is 7.51. The lowest BCUT2D eigenvalue weighted by Crippen LogP contribution is -2.56. The predicted octanol–water partition coefficient (Wildman–Crippen LogP) is 1.36. The molecule has 8 nitrogen and oxygen atoms in total. The molecule has 0 aromatic heterocycles. The van der Waals surface area contributed by atoms with Crippen LogP contribution < -0.4 is 16.0 Å². The molecule has 1 aromatic rings. The van der Waals surface area contributed by atoms with Crippen LogP contribution >= 0.6 is 0 Å². The summed E-state index contributed by atoms with van der Waals surface area (Å²) in [7, 11) is -3.08. The van der Waals surface area contributed by atoms with E-state index in [1.165, 1.54) is 0 Å². The number of urea groups is 1. The first-order valence-corrected chi connectivity index (χ1v) is 12.2. The minimum atomic E-state index is -3.08. The summed E-state index contributed by atoms with van der Waals surface area (Å²) >= 11 is 0. The number of sulfone groups is 1. The van der Waals surface area contributed by atoms with Crippen molar-refractivity contribution in [2.75, 3.05) is 18.1 Å². The van der Waals surface area contributed by atoms with Gasteiger partial charge in [-0.2, -0.15) is 0 Å². The monoisotopic (exact) mass is 437 g/mol. The highest BCUT2D eigenvalue weighted by Gasteiger charge is 2.47. The fourth-order valence-corrected chi connectivity index (χ4v) is 6.08. The van der Waals surface area contributed by atoms with Gasteiger partial charge in [0.1, 0.15) is 6.04 Å². The van der Waals surface area contributed by atoms with E-state index in [2.05, 4.69) is 16.0 Å². The van der Waals surface area contributed by atoms with E-state index in [-0.39, 0.29) is 29.4 Å². The molecule has 0 radical (unpaired) electrons. The number of ether oxygens (including phenoxy) is 1. The van der Waals surface area contributed by atoms with E-state index < -0.39 is 27.5 Å². The summed E-state index contributed by atoms with van der Waals surface area (Å²) in [6.45, 7) is 4.53. The molecule has 9 heteroatoms. The summed E-state index contributed by atoms with van der Waals surface area (Å²) in [5.74, 6) is -0.221. The Morgan fingerprint density at radius 2 is 1.97 bits per heavy atom. The molecule has 1 aromatic carbocycles. The van der Waals surface area contributed by atoms with Gasteiger partial charge in [-0.3, -0.25) is 4.79 Å². The molecule has 3 atom stereocenters. The standard InChI is InChI=1S/C21H31N3O5S/c1-15(2)18(24-20(26)22-13-16-6-4-3-5-7-16)19(25)23-17-8-10-29-21(12-17)9-11-30(27,28)14-21/h3-7,15,17-18H,8-14H2,1-2H3,(H,23,25)(H2,22,24,26)/t17-,18+,21+/m1/s1. The Labute approximate surface area is 178 Å². The molecule has 30 heavy (non-hydrogen) atoms. The number of nitrogens with one attached hydrogen (secondary N) is 3. The maximum absolute atomic E-state index is 12.9. The third-order valence-electron chi connectivity index (χ3n) is 5.72. The minimum Gasteiger partial charge on any atom is -0.374 e. The number of carbonyl (C=O) groups is 2. The Bertz CT molecular complexity index is 859. The summed E-state index contributed by atoms with van der Waals surface area (Å²) in [5.41, 5.74) is 0.278. The lowest BCUT2D eigenvalue weighted by atomic mass is 9.89. The van der Waals surface area contributed by atoms with E-state index in [9.17, 15) is 18.0 Å². The van der Waals surface area contributed by atoms with Crippen LogP contribution in [0.25, 0.3) is 0 Å². The van der Waals surface area contributed by atoms with Crippen molar-refractivity contribution in [3.8, 4) is 0 Å². The first-order chi connectivity index (χ1) is 14.2. The number of rotatable bonds is 6. The van der Waals surface area contributed by atoms with Gasteiger partial charge in [0.2, 0.25) is 5.91 Å². The van der Waals surface area contributed by atoms with Gasteiger partial charge in [0.05, 0.1) is 17.1 Å². The van der Waals surface area contributed by atoms with Gasteiger partial charge in [-0.1, -0.05) is 44.2 Å². The van der Waals surface area contributed by atoms with Crippen LogP contribution in [0.5, 0.6) is 0 Å². The molecule has 0 saturated carbocycles. The largest absolute Gasteiger partial charge is 0.374 e. The van der Waals surface area contributed by atoms with Gasteiger partial charge >= 0.3 is 6.03 Å². The highest BCUT2D eigenvalue weighted by atomic mass is 32.2. The lowest BCUT2D eigenvalue weighted by Gasteiger charge is -2.38. The zero-order valence-electron chi connectivity index (χ0n) is 17.5. The van der Waals surface area contributed by atoms with E-state index in [0.29, 0.717) is 32.4 Å².